The molecule has 0 saturated heterocycles. The molecule has 2 rings (SSSR count). The number of hydrogen-bond acceptors (Lipinski definition) is 2. The predicted octanol–water partition coefficient (Wildman–Crippen LogP) is 3.74. The molecule has 0 fully saturated rings. The van der Waals surface area contributed by atoms with Crippen LogP contribution in [0.25, 0.3) is 5.57 Å². The van der Waals surface area contributed by atoms with Gasteiger partial charge in [0.2, 0.25) is 0 Å². The van der Waals surface area contributed by atoms with Crippen LogP contribution in [0.2, 0.25) is 0 Å². The van der Waals surface area contributed by atoms with Crippen molar-refractivity contribution in [1.82, 2.24) is 5.16 Å². The average Bonchev–Trinajstić information content (AvgIpc) is 2.50. The maximum atomic E-state index is 5.37. The zero-order valence-electron chi connectivity index (χ0n) is 9.79. The lowest BCUT2D eigenvalue weighted by Gasteiger charge is -2.29. The van der Waals surface area contributed by atoms with Crippen LogP contribution in [-0.2, 0) is 0 Å². The third-order valence-corrected chi connectivity index (χ3v) is 2.94. The van der Waals surface area contributed by atoms with Gasteiger partial charge in [0.25, 0.3) is 0 Å². The fraction of sp³-hybridized carbons (Fsp3) is 0.462. The van der Waals surface area contributed by atoms with E-state index in [1.165, 1.54) is 11.1 Å². The molecule has 80 valence electrons. The largest absolute Gasteiger partial charge is 0.356 e. The van der Waals surface area contributed by atoms with Crippen molar-refractivity contribution in [2.75, 3.05) is 0 Å². The Morgan fingerprint density at radius 2 is 2.07 bits per heavy atom. The van der Waals surface area contributed by atoms with Crippen LogP contribution in [0, 0.1) is 12.3 Å². The van der Waals surface area contributed by atoms with Crippen LogP contribution in [0.5, 0.6) is 0 Å². The van der Waals surface area contributed by atoms with E-state index in [9.17, 15) is 0 Å². The highest BCUT2D eigenvalue weighted by Crippen LogP contribution is 2.43. The quantitative estimate of drug-likeness (QED) is 0.694. The van der Waals surface area contributed by atoms with E-state index in [1.807, 2.05) is 13.0 Å². The summed E-state index contributed by atoms with van der Waals surface area (Å²) in [5, 5.41) is 3.96. The molecule has 1 aromatic heterocycles. The van der Waals surface area contributed by atoms with Gasteiger partial charge in [-0.05, 0) is 31.3 Å². The van der Waals surface area contributed by atoms with Crippen LogP contribution < -0.4 is 0 Å². The second-order valence-electron chi connectivity index (χ2n) is 4.88. The van der Waals surface area contributed by atoms with Gasteiger partial charge in [-0.1, -0.05) is 31.2 Å². The zero-order valence-corrected chi connectivity index (χ0v) is 9.79. The Morgan fingerprint density at radius 3 is 2.60 bits per heavy atom. The Morgan fingerprint density at radius 1 is 1.33 bits per heavy atom. The lowest BCUT2D eigenvalue weighted by molar-refractivity contribution is 0.387. The average molecular weight is 203 g/mol. The first-order valence-corrected chi connectivity index (χ1v) is 5.32. The monoisotopic (exact) mass is 203 g/mol. The van der Waals surface area contributed by atoms with Crippen LogP contribution >= 0.6 is 0 Å². The summed E-state index contributed by atoms with van der Waals surface area (Å²) in [6, 6.07) is 2.01. The van der Waals surface area contributed by atoms with Gasteiger partial charge in [-0.3, -0.25) is 0 Å². The van der Waals surface area contributed by atoms with E-state index < -0.39 is 0 Å². The first kappa shape index (κ1) is 10.2. The van der Waals surface area contributed by atoms with E-state index in [0.717, 1.165) is 17.9 Å². The van der Waals surface area contributed by atoms with Gasteiger partial charge >= 0.3 is 0 Å². The van der Waals surface area contributed by atoms with Crippen LogP contribution in [0.15, 0.2) is 28.3 Å². The Hall–Kier alpha value is -1.31. The van der Waals surface area contributed by atoms with E-state index >= 15 is 0 Å². The minimum absolute atomic E-state index is 0.144. The maximum Gasteiger partial charge on any atom is 0.163 e. The van der Waals surface area contributed by atoms with Gasteiger partial charge in [-0.25, -0.2) is 0 Å². The lowest BCUT2D eigenvalue weighted by atomic mass is 9.75. The molecule has 0 N–H and O–H groups in total. The lowest BCUT2D eigenvalue weighted by Crippen LogP contribution is -2.16. The molecule has 15 heavy (non-hydrogen) atoms. The summed E-state index contributed by atoms with van der Waals surface area (Å²) in [4.78, 5) is 0. The highest BCUT2D eigenvalue weighted by molar-refractivity contribution is 5.72. The van der Waals surface area contributed by atoms with Gasteiger partial charge < -0.3 is 4.52 Å². The Labute approximate surface area is 90.7 Å². The van der Waals surface area contributed by atoms with Gasteiger partial charge in [0.1, 0.15) is 0 Å². The summed E-state index contributed by atoms with van der Waals surface area (Å²) in [5.74, 6) is 0.916. The highest BCUT2D eigenvalue weighted by Gasteiger charge is 2.29. The van der Waals surface area contributed by atoms with Crippen LogP contribution in [0.4, 0.5) is 0 Å². The SMILES string of the molecule is CC1=C(c2cc(C)no2)C(C)(C)CC=C1. The molecule has 1 aromatic rings. The smallest absolute Gasteiger partial charge is 0.163 e. The normalized spacial score (nSPS) is 19.7. The van der Waals surface area contributed by atoms with Gasteiger partial charge in [0.05, 0.1) is 5.69 Å². The number of rotatable bonds is 1. The van der Waals surface area contributed by atoms with Crippen LogP contribution in [0.1, 0.15) is 38.6 Å². The molecule has 0 amide bonds. The summed E-state index contributed by atoms with van der Waals surface area (Å²) >= 11 is 0. The Kier molecular flexibility index (Phi) is 2.29. The van der Waals surface area contributed by atoms with Crippen LogP contribution in [-0.4, -0.2) is 5.16 Å². The van der Waals surface area contributed by atoms with Gasteiger partial charge in [-0.15, -0.1) is 0 Å². The van der Waals surface area contributed by atoms with E-state index in [2.05, 4.69) is 38.1 Å². The summed E-state index contributed by atoms with van der Waals surface area (Å²) in [6.45, 7) is 8.57. The molecule has 1 aliphatic carbocycles. The van der Waals surface area contributed by atoms with E-state index in [-0.39, 0.29) is 5.41 Å². The number of nitrogens with zero attached hydrogens (tertiary/aromatic N) is 1. The molecule has 2 heteroatoms. The van der Waals surface area contributed by atoms with Crippen molar-refractivity contribution in [3.8, 4) is 0 Å². The molecule has 0 aromatic carbocycles. The van der Waals surface area contributed by atoms with Gasteiger partial charge in [0, 0.05) is 11.6 Å². The Bertz CT molecular complexity index is 435. The standard InChI is InChI=1S/C13H17NO/c1-9-6-5-7-13(3,4)12(9)11-8-10(2)14-15-11/h5-6,8H,7H2,1-4H3. The minimum Gasteiger partial charge on any atom is -0.356 e. The zero-order chi connectivity index (χ0) is 11.1. The predicted molar refractivity (Wildman–Crippen MR) is 61.4 cm³/mol. The van der Waals surface area contributed by atoms with Crippen molar-refractivity contribution < 1.29 is 4.52 Å². The van der Waals surface area contributed by atoms with Crippen molar-refractivity contribution in [3.05, 3.63) is 35.2 Å². The topological polar surface area (TPSA) is 26.0 Å². The molecule has 1 aliphatic rings. The first-order valence-electron chi connectivity index (χ1n) is 5.32. The second-order valence-corrected chi connectivity index (χ2v) is 4.88. The fourth-order valence-electron chi connectivity index (χ4n) is 2.26. The fourth-order valence-corrected chi connectivity index (χ4v) is 2.26. The third-order valence-electron chi connectivity index (χ3n) is 2.94. The molecule has 0 aliphatic heterocycles. The van der Waals surface area contributed by atoms with Crippen LogP contribution in [0.3, 0.4) is 0 Å². The first-order chi connectivity index (χ1) is 7.00. The van der Waals surface area contributed by atoms with Crippen molar-refractivity contribution >= 4 is 5.57 Å². The highest BCUT2D eigenvalue weighted by atomic mass is 16.5. The van der Waals surface area contributed by atoms with E-state index in [4.69, 9.17) is 4.52 Å². The molecule has 0 saturated carbocycles. The summed E-state index contributed by atoms with van der Waals surface area (Å²) < 4.78 is 5.37. The molecule has 0 radical (unpaired) electrons. The number of aryl methyl sites for hydroxylation is 1. The van der Waals surface area contributed by atoms with Gasteiger partial charge in [-0.2, -0.15) is 0 Å². The third kappa shape index (κ3) is 1.76. The van der Waals surface area contributed by atoms with Crippen molar-refractivity contribution in [1.29, 1.82) is 0 Å². The van der Waals surface area contributed by atoms with Gasteiger partial charge in [0.15, 0.2) is 5.76 Å². The second kappa shape index (κ2) is 3.37. The van der Waals surface area contributed by atoms with E-state index in [1.54, 1.807) is 0 Å². The van der Waals surface area contributed by atoms with Crippen molar-refractivity contribution in [2.24, 2.45) is 5.41 Å². The van der Waals surface area contributed by atoms with E-state index in [0.29, 0.717) is 0 Å². The molecule has 0 unspecified atom stereocenters. The number of hydrogen-bond donors (Lipinski definition) is 0. The molecule has 0 spiro atoms. The van der Waals surface area contributed by atoms with Crippen molar-refractivity contribution in [3.63, 3.8) is 0 Å². The Balaban J connectivity index is 2.53. The number of allylic oxidation sites excluding steroid dienone is 4. The molecule has 2 nitrogen and oxygen atoms in total. The number of aromatic nitrogens is 1. The minimum atomic E-state index is 0.144. The summed E-state index contributed by atoms with van der Waals surface area (Å²) in [6.07, 6.45) is 5.44. The molecule has 0 bridgehead atoms. The van der Waals surface area contributed by atoms with Crippen molar-refractivity contribution in [2.45, 2.75) is 34.1 Å². The summed E-state index contributed by atoms with van der Waals surface area (Å²) in [7, 11) is 0. The summed E-state index contributed by atoms with van der Waals surface area (Å²) in [5.41, 5.74) is 3.65. The molecular weight excluding hydrogens is 186 g/mol. The molecular formula is C13H17NO. The molecule has 0 atom stereocenters. The maximum absolute atomic E-state index is 5.37. The molecule has 1 heterocycles.